The lowest BCUT2D eigenvalue weighted by Crippen LogP contribution is -2.44. The Hall–Kier alpha value is -1.32. The van der Waals surface area contributed by atoms with E-state index in [1.54, 1.807) is 13.8 Å². The molecule has 1 unspecified atom stereocenters. The number of carboxylic acid groups (broad SMARTS) is 1. The number of carboxylic acids is 1. The molecule has 0 aliphatic heterocycles. The molecule has 4 heteroatoms. The van der Waals surface area contributed by atoms with Crippen LogP contribution in [-0.4, -0.2) is 23.0 Å². The van der Waals surface area contributed by atoms with E-state index in [0.717, 1.165) is 25.7 Å². The number of aliphatic carboxylic acids is 1. The van der Waals surface area contributed by atoms with Crippen LogP contribution in [0.3, 0.4) is 0 Å². The van der Waals surface area contributed by atoms with Crippen LogP contribution in [0.1, 0.15) is 65.2 Å². The van der Waals surface area contributed by atoms with Crippen LogP contribution in [0.15, 0.2) is 12.7 Å². The van der Waals surface area contributed by atoms with Gasteiger partial charge in [0.2, 0.25) is 5.91 Å². The number of carbonyl (C=O) groups excluding carboxylic acids is 1. The third-order valence-electron chi connectivity index (χ3n) is 3.31. The molecular weight excluding hydrogens is 254 g/mol. The SMILES string of the molecule is C=CCCCCCCCCC(=O)NC(C(=O)O)C(C)C. The predicted molar refractivity (Wildman–Crippen MR) is 81.5 cm³/mol. The molecule has 0 rings (SSSR count). The van der Waals surface area contributed by atoms with Gasteiger partial charge < -0.3 is 10.4 Å². The highest BCUT2D eigenvalue weighted by atomic mass is 16.4. The molecule has 4 nitrogen and oxygen atoms in total. The van der Waals surface area contributed by atoms with E-state index in [0.29, 0.717) is 6.42 Å². The van der Waals surface area contributed by atoms with Crippen LogP contribution in [0.2, 0.25) is 0 Å². The summed E-state index contributed by atoms with van der Waals surface area (Å²) in [4.78, 5) is 22.6. The van der Waals surface area contributed by atoms with Crippen LogP contribution in [-0.2, 0) is 9.59 Å². The van der Waals surface area contributed by atoms with Crippen LogP contribution >= 0.6 is 0 Å². The van der Waals surface area contributed by atoms with Crippen molar-refractivity contribution in [1.29, 1.82) is 0 Å². The van der Waals surface area contributed by atoms with Gasteiger partial charge in [-0.25, -0.2) is 4.79 Å². The highest BCUT2D eigenvalue weighted by molar-refractivity contribution is 5.83. The van der Waals surface area contributed by atoms with E-state index < -0.39 is 12.0 Å². The Morgan fingerprint density at radius 3 is 2.15 bits per heavy atom. The number of nitrogens with one attached hydrogen (secondary N) is 1. The minimum Gasteiger partial charge on any atom is -0.480 e. The average Bonchev–Trinajstić information content (AvgIpc) is 2.38. The van der Waals surface area contributed by atoms with Crippen LogP contribution < -0.4 is 5.32 Å². The summed E-state index contributed by atoms with van der Waals surface area (Å²) in [6.45, 7) is 7.28. The maximum Gasteiger partial charge on any atom is 0.326 e. The minimum absolute atomic E-state index is 0.0960. The first-order valence-corrected chi connectivity index (χ1v) is 7.62. The summed E-state index contributed by atoms with van der Waals surface area (Å²) in [7, 11) is 0. The van der Waals surface area contributed by atoms with Crippen molar-refractivity contribution in [1.82, 2.24) is 5.32 Å². The topological polar surface area (TPSA) is 66.4 Å². The van der Waals surface area contributed by atoms with Crippen LogP contribution in [0.25, 0.3) is 0 Å². The molecule has 0 aromatic carbocycles. The Balaban J connectivity index is 3.62. The summed E-state index contributed by atoms with van der Waals surface area (Å²) in [5.41, 5.74) is 0. The second-order valence-electron chi connectivity index (χ2n) is 5.58. The predicted octanol–water partition coefficient (Wildman–Crippen LogP) is 3.52. The fourth-order valence-corrected chi connectivity index (χ4v) is 2.04. The third kappa shape index (κ3) is 9.59. The number of allylic oxidation sites excluding steroid dienone is 1. The van der Waals surface area contributed by atoms with Crippen molar-refractivity contribution < 1.29 is 14.7 Å². The second kappa shape index (κ2) is 11.5. The Morgan fingerprint density at radius 2 is 1.65 bits per heavy atom. The van der Waals surface area contributed by atoms with Gasteiger partial charge in [0.1, 0.15) is 6.04 Å². The zero-order valence-electron chi connectivity index (χ0n) is 12.9. The van der Waals surface area contributed by atoms with Crippen molar-refractivity contribution in [2.75, 3.05) is 0 Å². The minimum atomic E-state index is -0.962. The molecule has 0 aromatic rings. The zero-order valence-corrected chi connectivity index (χ0v) is 12.9. The smallest absolute Gasteiger partial charge is 0.326 e. The first kappa shape index (κ1) is 18.7. The standard InChI is InChI=1S/C16H29NO3/c1-4-5-6-7-8-9-10-11-12-14(18)17-15(13(2)3)16(19)20/h4,13,15H,1,5-12H2,2-3H3,(H,17,18)(H,19,20). The maximum atomic E-state index is 11.7. The molecular formula is C16H29NO3. The monoisotopic (exact) mass is 283 g/mol. The summed E-state index contributed by atoms with van der Waals surface area (Å²) >= 11 is 0. The molecule has 0 aromatic heterocycles. The van der Waals surface area contributed by atoms with Gasteiger partial charge in [-0.2, -0.15) is 0 Å². The van der Waals surface area contributed by atoms with E-state index in [1.165, 1.54) is 19.3 Å². The van der Waals surface area contributed by atoms with E-state index >= 15 is 0 Å². The molecule has 0 saturated heterocycles. The van der Waals surface area contributed by atoms with Gasteiger partial charge in [-0.1, -0.05) is 45.6 Å². The van der Waals surface area contributed by atoms with E-state index in [2.05, 4.69) is 11.9 Å². The maximum absolute atomic E-state index is 11.7. The summed E-state index contributed by atoms with van der Waals surface area (Å²) < 4.78 is 0. The largest absolute Gasteiger partial charge is 0.480 e. The van der Waals surface area contributed by atoms with Crippen molar-refractivity contribution in [3.8, 4) is 0 Å². The van der Waals surface area contributed by atoms with E-state index in [-0.39, 0.29) is 11.8 Å². The first-order chi connectivity index (χ1) is 9.49. The van der Waals surface area contributed by atoms with Gasteiger partial charge in [0.25, 0.3) is 0 Å². The highest BCUT2D eigenvalue weighted by Gasteiger charge is 2.22. The molecule has 1 atom stereocenters. The van der Waals surface area contributed by atoms with Crippen molar-refractivity contribution in [3.05, 3.63) is 12.7 Å². The van der Waals surface area contributed by atoms with E-state index in [4.69, 9.17) is 5.11 Å². The number of rotatable bonds is 12. The molecule has 20 heavy (non-hydrogen) atoms. The van der Waals surface area contributed by atoms with E-state index in [9.17, 15) is 9.59 Å². The van der Waals surface area contributed by atoms with Gasteiger partial charge in [-0.3, -0.25) is 4.79 Å². The third-order valence-corrected chi connectivity index (χ3v) is 3.31. The Morgan fingerprint density at radius 1 is 1.10 bits per heavy atom. The van der Waals surface area contributed by atoms with Crippen molar-refractivity contribution in [2.24, 2.45) is 5.92 Å². The summed E-state index contributed by atoms with van der Waals surface area (Å²) in [5, 5.41) is 11.6. The Kier molecular flexibility index (Phi) is 10.7. The lowest BCUT2D eigenvalue weighted by atomic mass is 10.0. The molecule has 0 radical (unpaired) electrons. The molecule has 2 N–H and O–H groups in total. The van der Waals surface area contributed by atoms with Crippen LogP contribution in [0.4, 0.5) is 0 Å². The lowest BCUT2D eigenvalue weighted by Gasteiger charge is -2.17. The fraction of sp³-hybridized carbons (Fsp3) is 0.750. The molecule has 0 heterocycles. The number of hydrogen-bond acceptors (Lipinski definition) is 2. The van der Waals surface area contributed by atoms with Crippen molar-refractivity contribution in [2.45, 2.75) is 71.3 Å². The van der Waals surface area contributed by atoms with Gasteiger partial charge in [-0.15, -0.1) is 6.58 Å². The molecule has 0 aliphatic carbocycles. The fourth-order valence-electron chi connectivity index (χ4n) is 2.04. The Labute approximate surface area is 122 Å². The van der Waals surface area contributed by atoms with Gasteiger partial charge in [0.05, 0.1) is 0 Å². The molecule has 116 valence electrons. The molecule has 0 fully saturated rings. The summed E-state index contributed by atoms with van der Waals surface area (Å²) in [5.74, 6) is -1.21. The van der Waals surface area contributed by atoms with Gasteiger partial charge in [-0.05, 0) is 25.2 Å². The quantitative estimate of drug-likeness (QED) is 0.425. The summed E-state index contributed by atoms with van der Waals surface area (Å²) in [6, 6.07) is -0.776. The molecule has 0 saturated carbocycles. The van der Waals surface area contributed by atoms with Crippen molar-refractivity contribution >= 4 is 11.9 Å². The number of amides is 1. The van der Waals surface area contributed by atoms with Crippen LogP contribution in [0.5, 0.6) is 0 Å². The second-order valence-corrected chi connectivity index (χ2v) is 5.58. The lowest BCUT2D eigenvalue weighted by molar-refractivity contribution is -0.143. The van der Waals surface area contributed by atoms with Gasteiger partial charge in [0, 0.05) is 6.42 Å². The number of carbonyl (C=O) groups is 2. The molecule has 0 bridgehead atoms. The van der Waals surface area contributed by atoms with E-state index in [1.807, 2.05) is 6.08 Å². The average molecular weight is 283 g/mol. The zero-order chi connectivity index (χ0) is 15.4. The normalized spacial score (nSPS) is 12.2. The van der Waals surface area contributed by atoms with Crippen molar-refractivity contribution in [3.63, 3.8) is 0 Å². The molecule has 1 amide bonds. The Bertz CT molecular complexity index is 300. The number of unbranched alkanes of at least 4 members (excludes halogenated alkanes) is 6. The van der Waals surface area contributed by atoms with Crippen LogP contribution in [0, 0.1) is 5.92 Å². The summed E-state index contributed by atoms with van der Waals surface area (Å²) in [6.07, 6.45) is 10.0. The molecule has 0 spiro atoms. The van der Waals surface area contributed by atoms with Gasteiger partial charge >= 0.3 is 5.97 Å². The van der Waals surface area contributed by atoms with Gasteiger partial charge in [0.15, 0.2) is 0 Å². The first-order valence-electron chi connectivity index (χ1n) is 7.62. The number of hydrogen-bond donors (Lipinski definition) is 2. The molecule has 0 aliphatic rings. The highest BCUT2D eigenvalue weighted by Crippen LogP contribution is 2.09.